The number of benzene rings is 2. The first kappa shape index (κ1) is 16.0. The van der Waals surface area contributed by atoms with Gasteiger partial charge in [-0.1, -0.05) is 55.9 Å². The van der Waals surface area contributed by atoms with Crippen LogP contribution in [0.2, 0.25) is 0 Å². The van der Waals surface area contributed by atoms with E-state index < -0.39 is 0 Å². The van der Waals surface area contributed by atoms with Gasteiger partial charge in [0.15, 0.2) is 5.78 Å². The summed E-state index contributed by atoms with van der Waals surface area (Å²) in [4.78, 5) is 11.2. The molecule has 0 N–H and O–H groups in total. The standard InChI is InChI=1S/C21H22O/c1-3-4-5-6-18-7-9-19(10-8-18)11-12-20-13-15-21(16-14-20)17(2)22/h7-10,13-16H,3-6H2,1-2H3. The first-order valence-corrected chi connectivity index (χ1v) is 7.91. The summed E-state index contributed by atoms with van der Waals surface area (Å²) >= 11 is 0. The molecular weight excluding hydrogens is 268 g/mol. The van der Waals surface area contributed by atoms with Gasteiger partial charge in [-0.05, 0) is 49.6 Å². The van der Waals surface area contributed by atoms with Crippen molar-refractivity contribution in [1.82, 2.24) is 0 Å². The van der Waals surface area contributed by atoms with Crippen molar-refractivity contribution < 1.29 is 4.79 Å². The second-order valence-electron chi connectivity index (χ2n) is 5.54. The fourth-order valence-electron chi connectivity index (χ4n) is 2.27. The molecule has 2 aromatic carbocycles. The third kappa shape index (κ3) is 4.90. The Kier molecular flexibility index (Phi) is 5.98. The lowest BCUT2D eigenvalue weighted by atomic mass is 10.1. The van der Waals surface area contributed by atoms with Crippen LogP contribution in [0.3, 0.4) is 0 Å². The van der Waals surface area contributed by atoms with Gasteiger partial charge in [-0.25, -0.2) is 0 Å². The Bertz CT molecular complexity index is 667. The van der Waals surface area contributed by atoms with Gasteiger partial charge < -0.3 is 0 Å². The zero-order valence-corrected chi connectivity index (χ0v) is 13.4. The van der Waals surface area contributed by atoms with Gasteiger partial charge in [-0.2, -0.15) is 0 Å². The van der Waals surface area contributed by atoms with Crippen molar-refractivity contribution in [1.29, 1.82) is 0 Å². The van der Waals surface area contributed by atoms with E-state index >= 15 is 0 Å². The lowest BCUT2D eigenvalue weighted by Gasteiger charge is -2.00. The zero-order chi connectivity index (χ0) is 15.8. The van der Waals surface area contributed by atoms with Gasteiger partial charge in [0, 0.05) is 16.7 Å². The lowest BCUT2D eigenvalue weighted by Crippen LogP contribution is -1.90. The molecule has 0 atom stereocenters. The molecule has 2 aromatic rings. The predicted octanol–water partition coefficient (Wildman–Crippen LogP) is 5.02. The largest absolute Gasteiger partial charge is 0.295 e. The molecule has 0 bridgehead atoms. The third-order valence-corrected chi connectivity index (χ3v) is 3.67. The monoisotopic (exact) mass is 290 g/mol. The van der Waals surface area contributed by atoms with Crippen LogP contribution in [-0.4, -0.2) is 5.78 Å². The van der Waals surface area contributed by atoms with Gasteiger partial charge in [-0.3, -0.25) is 4.79 Å². The molecule has 0 aliphatic carbocycles. The Morgan fingerprint density at radius 2 is 1.41 bits per heavy atom. The van der Waals surface area contributed by atoms with Crippen molar-refractivity contribution in [3.63, 3.8) is 0 Å². The predicted molar refractivity (Wildman–Crippen MR) is 92.1 cm³/mol. The fourth-order valence-corrected chi connectivity index (χ4v) is 2.27. The van der Waals surface area contributed by atoms with E-state index in [0.29, 0.717) is 0 Å². The topological polar surface area (TPSA) is 17.1 Å². The van der Waals surface area contributed by atoms with Gasteiger partial charge in [0.25, 0.3) is 0 Å². The number of carbonyl (C=O) groups is 1. The molecule has 0 fully saturated rings. The highest BCUT2D eigenvalue weighted by atomic mass is 16.1. The minimum Gasteiger partial charge on any atom is -0.295 e. The first-order valence-electron chi connectivity index (χ1n) is 7.91. The fraction of sp³-hybridized carbons (Fsp3) is 0.286. The second-order valence-corrected chi connectivity index (χ2v) is 5.54. The highest BCUT2D eigenvalue weighted by Crippen LogP contribution is 2.09. The van der Waals surface area contributed by atoms with E-state index in [0.717, 1.165) is 23.1 Å². The molecule has 0 aliphatic rings. The molecular formula is C21H22O. The van der Waals surface area contributed by atoms with Gasteiger partial charge >= 0.3 is 0 Å². The summed E-state index contributed by atoms with van der Waals surface area (Å²) in [6.07, 6.45) is 4.95. The van der Waals surface area contributed by atoms with Crippen molar-refractivity contribution in [3.05, 3.63) is 70.8 Å². The van der Waals surface area contributed by atoms with Gasteiger partial charge in [0.2, 0.25) is 0 Å². The van der Waals surface area contributed by atoms with Crippen LogP contribution < -0.4 is 0 Å². The van der Waals surface area contributed by atoms with E-state index in [4.69, 9.17) is 0 Å². The second kappa shape index (κ2) is 8.20. The third-order valence-electron chi connectivity index (χ3n) is 3.67. The molecule has 0 saturated carbocycles. The maximum atomic E-state index is 11.2. The summed E-state index contributed by atoms with van der Waals surface area (Å²) in [6.45, 7) is 3.80. The van der Waals surface area contributed by atoms with Crippen LogP contribution in [-0.2, 0) is 6.42 Å². The molecule has 1 nitrogen and oxygen atoms in total. The number of hydrogen-bond donors (Lipinski definition) is 0. The van der Waals surface area contributed by atoms with Gasteiger partial charge in [0.1, 0.15) is 0 Å². The number of aryl methyl sites for hydroxylation is 1. The van der Waals surface area contributed by atoms with Crippen LogP contribution in [0.25, 0.3) is 0 Å². The number of unbranched alkanes of at least 4 members (excludes halogenated alkanes) is 2. The average molecular weight is 290 g/mol. The molecule has 0 radical (unpaired) electrons. The lowest BCUT2D eigenvalue weighted by molar-refractivity contribution is 0.101. The van der Waals surface area contributed by atoms with E-state index in [9.17, 15) is 4.79 Å². The molecule has 0 saturated heterocycles. The first-order chi connectivity index (χ1) is 10.7. The summed E-state index contributed by atoms with van der Waals surface area (Å²) in [6, 6.07) is 15.9. The Balaban J connectivity index is 2.00. The van der Waals surface area contributed by atoms with E-state index in [1.165, 1.54) is 24.8 Å². The number of Topliss-reactive ketones (excluding diaryl/α,β-unsaturated/α-hetero) is 1. The van der Waals surface area contributed by atoms with Crippen molar-refractivity contribution in [2.75, 3.05) is 0 Å². The summed E-state index contributed by atoms with van der Waals surface area (Å²) in [5, 5.41) is 0. The van der Waals surface area contributed by atoms with E-state index in [-0.39, 0.29) is 5.78 Å². The summed E-state index contributed by atoms with van der Waals surface area (Å²) in [5.41, 5.74) is 4.05. The number of rotatable bonds is 5. The maximum absolute atomic E-state index is 11.2. The van der Waals surface area contributed by atoms with Crippen LogP contribution >= 0.6 is 0 Å². The van der Waals surface area contributed by atoms with Crippen molar-refractivity contribution in [2.45, 2.75) is 39.5 Å². The Labute approximate surface area is 133 Å². The van der Waals surface area contributed by atoms with Crippen LogP contribution in [0.4, 0.5) is 0 Å². The number of carbonyl (C=O) groups excluding carboxylic acids is 1. The van der Waals surface area contributed by atoms with Gasteiger partial charge in [0.05, 0.1) is 0 Å². The highest BCUT2D eigenvalue weighted by molar-refractivity contribution is 5.94. The highest BCUT2D eigenvalue weighted by Gasteiger charge is 1.97. The van der Waals surface area contributed by atoms with E-state index in [2.05, 4.69) is 43.0 Å². The van der Waals surface area contributed by atoms with Crippen LogP contribution in [0.15, 0.2) is 48.5 Å². The minimum absolute atomic E-state index is 0.0816. The van der Waals surface area contributed by atoms with Crippen LogP contribution in [0.5, 0.6) is 0 Å². The maximum Gasteiger partial charge on any atom is 0.159 e. The molecule has 0 aromatic heterocycles. The Hall–Kier alpha value is -2.33. The summed E-state index contributed by atoms with van der Waals surface area (Å²) in [5.74, 6) is 6.39. The SMILES string of the molecule is CCCCCc1ccc(C#Cc2ccc(C(C)=O)cc2)cc1. The molecule has 0 spiro atoms. The molecule has 112 valence electrons. The number of ketones is 1. The van der Waals surface area contributed by atoms with Crippen molar-refractivity contribution >= 4 is 5.78 Å². The summed E-state index contributed by atoms with van der Waals surface area (Å²) < 4.78 is 0. The summed E-state index contributed by atoms with van der Waals surface area (Å²) in [7, 11) is 0. The average Bonchev–Trinajstić information content (AvgIpc) is 2.55. The minimum atomic E-state index is 0.0816. The zero-order valence-electron chi connectivity index (χ0n) is 13.4. The van der Waals surface area contributed by atoms with Gasteiger partial charge in [-0.15, -0.1) is 0 Å². The molecule has 0 amide bonds. The molecule has 2 rings (SSSR count). The molecule has 0 unspecified atom stereocenters. The molecule has 1 heteroatoms. The quantitative estimate of drug-likeness (QED) is 0.429. The number of hydrogen-bond acceptors (Lipinski definition) is 1. The van der Waals surface area contributed by atoms with Crippen LogP contribution in [0.1, 0.15) is 60.2 Å². The normalized spacial score (nSPS) is 9.91. The molecule has 0 aliphatic heterocycles. The Morgan fingerprint density at radius 3 is 1.91 bits per heavy atom. The smallest absolute Gasteiger partial charge is 0.159 e. The van der Waals surface area contributed by atoms with E-state index in [1.54, 1.807) is 6.92 Å². The van der Waals surface area contributed by atoms with Crippen molar-refractivity contribution in [2.24, 2.45) is 0 Å². The van der Waals surface area contributed by atoms with Crippen molar-refractivity contribution in [3.8, 4) is 11.8 Å². The molecule has 0 heterocycles. The van der Waals surface area contributed by atoms with Crippen LogP contribution in [0, 0.1) is 11.8 Å². The van der Waals surface area contributed by atoms with E-state index in [1.807, 2.05) is 24.3 Å². The Morgan fingerprint density at radius 1 is 0.864 bits per heavy atom. The molecule has 22 heavy (non-hydrogen) atoms.